The van der Waals surface area contributed by atoms with Crippen molar-refractivity contribution < 1.29 is 9.57 Å². The zero-order valence-electron chi connectivity index (χ0n) is 17.8. The zero-order chi connectivity index (χ0) is 21.2. The molecule has 1 unspecified atom stereocenters. The Balaban J connectivity index is 1.38. The number of aromatic nitrogens is 2. The molecule has 0 radical (unpaired) electrons. The highest BCUT2D eigenvalue weighted by molar-refractivity contribution is 6.00. The molecular formula is C25H26N4O2. The van der Waals surface area contributed by atoms with Crippen molar-refractivity contribution in [2.75, 3.05) is 6.61 Å². The summed E-state index contributed by atoms with van der Waals surface area (Å²) in [5.41, 5.74) is 8.83. The average Bonchev–Trinajstić information content (AvgIpc) is 3.62. The molecule has 1 fully saturated rings. The van der Waals surface area contributed by atoms with Crippen LogP contribution < -0.4 is 10.2 Å². The number of ether oxygens (including phenoxy) is 1. The number of rotatable bonds is 6. The lowest BCUT2D eigenvalue weighted by Gasteiger charge is -2.23. The monoisotopic (exact) mass is 414 g/mol. The number of nitrogens with zero attached hydrogens (tertiary/aromatic N) is 3. The molecule has 1 aliphatic carbocycles. The van der Waals surface area contributed by atoms with Crippen molar-refractivity contribution in [1.29, 1.82) is 0 Å². The maximum atomic E-state index is 6.19. The van der Waals surface area contributed by atoms with E-state index in [1.54, 1.807) is 12.4 Å². The van der Waals surface area contributed by atoms with Gasteiger partial charge in [-0.15, -0.1) is 0 Å². The minimum absolute atomic E-state index is 0.0110. The number of aryl methyl sites for hydroxylation is 2. The molecule has 6 nitrogen and oxygen atoms in total. The van der Waals surface area contributed by atoms with Crippen molar-refractivity contribution in [3.05, 3.63) is 82.7 Å². The van der Waals surface area contributed by atoms with Gasteiger partial charge in [0, 0.05) is 0 Å². The third kappa shape index (κ3) is 4.59. The Labute approximate surface area is 182 Å². The summed E-state index contributed by atoms with van der Waals surface area (Å²) in [4.78, 5) is 10.6. The summed E-state index contributed by atoms with van der Waals surface area (Å²) in [5, 5.41) is 8.06. The standard InChI is InChI=1S/C25H26N4O2/c1-16-6-7-19(17(2)10-16)11-21-15-30-29-25(28-21)23-13-26-27-14-24(23)31-22-5-3-4-20(12-22)18-8-9-18/h3-7,10,12-14,18,21H,8-9,11,15H2,1-2H3,(H,28,29). The Morgan fingerprint density at radius 3 is 2.77 bits per heavy atom. The van der Waals surface area contributed by atoms with Crippen molar-refractivity contribution in [2.45, 2.75) is 45.1 Å². The van der Waals surface area contributed by atoms with Crippen molar-refractivity contribution in [2.24, 2.45) is 4.99 Å². The van der Waals surface area contributed by atoms with Crippen LogP contribution >= 0.6 is 0 Å². The van der Waals surface area contributed by atoms with E-state index in [2.05, 4.69) is 59.9 Å². The van der Waals surface area contributed by atoms with Gasteiger partial charge < -0.3 is 4.74 Å². The second kappa shape index (κ2) is 8.47. The van der Waals surface area contributed by atoms with Gasteiger partial charge in [-0.25, -0.2) is 5.48 Å². The van der Waals surface area contributed by atoms with E-state index in [9.17, 15) is 0 Å². The van der Waals surface area contributed by atoms with Crippen molar-refractivity contribution in [1.82, 2.24) is 15.7 Å². The van der Waals surface area contributed by atoms with Crippen LogP contribution in [0.5, 0.6) is 11.5 Å². The Kier molecular flexibility index (Phi) is 5.38. The molecule has 158 valence electrons. The normalized spacial score (nSPS) is 18.3. The van der Waals surface area contributed by atoms with Crippen LogP contribution in [0.1, 0.15) is 46.6 Å². The third-order valence-corrected chi connectivity index (χ3v) is 5.79. The van der Waals surface area contributed by atoms with E-state index >= 15 is 0 Å². The molecule has 1 aliphatic heterocycles. The number of hydrogen-bond donors (Lipinski definition) is 1. The van der Waals surface area contributed by atoms with Gasteiger partial charge in [0.25, 0.3) is 0 Å². The minimum atomic E-state index is 0.0110. The highest BCUT2D eigenvalue weighted by Gasteiger charge is 2.24. The molecular weight excluding hydrogens is 388 g/mol. The number of aliphatic imine (C=N–C) groups is 1. The summed E-state index contributed by atoms with van der Waals surface area (Å²) < 4.78 is 6.19. The van der Waals surface area contributed by atoms with Crippen molar-refractivity contribution in [3.63, 3.8) is 0 Å². The van der Waals surface area contributed by atoms with Crippen LogP contribution in [-0.4, -0.2) is 28.7 Å². The number of amidine groups is 1. The second-order valence-corrected chi connectivity index (χ2v) is 8.39. The van der Waals surface area contributed by atoms with E-state index in [0.29, 0.717) is 24.1 Å². The van der Waals surface area contributed by atoms with E-state index in [0.717, 1.165) is 17.7 Å². The largest absolute Gasteiger partial charge is 0.455 e. The molecule has 2 aliphatic rings. The molecule has 2 aromatic carbocycles. The smallest absolute Gasteiger partial charge is 0.160 e. The minimum Gasteiger partial charge on any atom is -0.455 e. The fourth-order valence-electron chi connectivity index (χ4n) is 3.95. The van der Waals surface area contributed by atoms with Gasteiger partial charge in [0.1, 0.15) is 5.75 Å². The summed E-state index contributed by atoms with van der Waals surface area (Å²) >= 11 is 0. The molecule has 0 bridgehead atoms. The predicted octanol–water partition coefficient (Wildman–Crippen LogP) is 4.66. The molecule has 1 aromatic heterocycles. The van der Waals surface area contributed by atoms with E-state index < -0.39 is 0 Å². The van der Waals surface area contributed by atoms with E-state index in [1.807, 2.05) is 12.1 Å². The van der Waals surface area contributed by atoms with Crippen LogP contribution in [0.25, 0.3) is 0 Å². The average molecular weight is 415 g/mol. The zero-order valence-corrected chi connectivity index (χ0v) is 17.8. The number of nitrogens with one attached hydrogen (secondary N) is 1. The lowest BCUT2D eigenvalue weighted by molar-refractivity contribution is 0.0623. The molecule has 5 rings (SSSR count). The summed E-state index contributed by atoms with van der Waals surface area (Å²) in [6, 6.07) is 14.8. The highest BCUT2D eigenvalue weighted by Crippen LogP contribution is 2.41. The van der Waals surface area contributed by atoms with E-state index in [1.165, 1.54) is 35.1 Å². The number of hydroxylamine groups is 1. The van der Waals surface area contributed by atoms with Crippen LogP contribution in [-0.2, 0) is 11.3 Å². The summed E-state index contributed by atoms with van der Waals surface area (Å²) in [6.07, 6.45) is 6.61. The molecule has 1 atom stereocenters. The van der Waals surface area contributed by atoms with Crippen molar-refractivity contribution in [3.8, 4) is 11.5 Å². The van der Waals surface area contributed by atoms with Gasteiger partial charge in [0.05, 0.1) is 30.6 Å². The molecule has 1 N–H and O–H groups in total. The van der Waals surface area contributed by atoms with Crippen LogP contribution in [0.2, 0.25) is 0 Å². The van der Waals surface area contributed by atoms with Crippen LogP contribution in [0.15, 0.2) is 59.9 Å². The lowest BCUT2D eigenvalue weighted by Crippen LogP contribution is -2.37. The maximum absolute atomic E-state index is 6.19. The fraction of sp³-hybridized carbons (Fsp3) is 0.320. The SMILES string of the molecule is Cc1ccc(CC2CONC(c3cnncc3Oc3cccc(C4CC4)c3)=N2)c(C)c1. The van der Waals surface area contributed by atoms with Gasteiger partial charge in [-0.3, -0.25) is 9.83 Å². The van der Waals surface area contributed by atoms with Gasteiger partial charge in [-0.1, -0.05) is 35.9 Å². The summed E-state index contributed by atoms with van der Waals surface area (Å²) in [7, 11) is 0. The third-order valence-electron chi connectivity index (χ3n) is 5.79. The molecule has 1 saturated carbocycles. The Morgan fingerprint density at radius 1 is 1.06 bits per heavy atom. The number of benzene rings is 2. The van der Waals surface area contributed by atoms with Crippen LogP contribution in [0.4, 0.5) is 0 Å². The predicted molar refractivity (Wildman–Crippen MR) is 120 cm³/mol. The van der Waals surface area contributed by atoms with Gasteiger partial charge in [0.2, 0.25) is 0 Å². The molecule has 2 heterocycles. The van der Waals surface area contributed by atoms with Crippen molar-refractivity contribution >= 4 is 5.84 Å². The molecule has 3 aromatic rings. The Morgan fingerprint density at radius 2 is 1.94 bits per heavy atom. The van der Waals surface area contributed by atoms with Gasteiger partial charge >= 0.3 is 0 Å². The quantitative estimate of drug-likeness (QED) is 0.636. The second-order valence-electron chi connectivity index (χ2n) is 8.39. The topological polar surface area (TPSA) is 68.6 Å². The summed E-state index contributed by atoms with van der Waals surface area (Å²) in [6.45, 7) is 4.76. The Hall–Kier alpha value is -3.25. The van der Waals surface area contributed by atoms with Gasteiger partial charge in [-0.2, -0.15) is 10.2 Å². The highest BCUT2D eigenvalue weighted by atomic mass is 16.6. The summed E-state index contributed by atoms with van der Waals surface area (Å²) in [5.74, 6) is 2.68. The maximum Gasteiger partial charge on any atom is 0.160 e. The molecule has 0 saturated heterocycles. The first kappa shape index (κ1) is 19.7. The lowest BCUT2D eigenvalue weighted by atomic mass is 9.99. The van der Waals surface area contributed by atoms with Gasteiger partial charge in [0.15, 0.2) is 11.6 Å². The first-order chi connectivity index (χ1) is 15.2. The molecule has 0 spiro atoms. The Bertz CT molecular complexity index is 1120. The first-order valence-corrected chi connectivity index (χ1v) is 10.8. The fourth-order valence-corrected chi connectivity index (χ4v) is 3.95. The molecule has 31 heavy (non-hydrogen) atoms. The van der Waals surface area contributed by atoms with Crippen LogP contribution in [0, 0.1) is 13.8 Å². The van der Waals surface area contributed by atoms with Crippen LogP contribution in [0.3, 0.4) is 0 Å². The van der Waals surface area contributed by atoms with E-state index in [4.69, 9.17) is 14.6 Å². The number of hydrogen-bond acceptors (Lipinski definition) is 6. The van der Waals surface area contributed by atoms with Gasteiger partial charge in [-0.05, 0) is 67.9 Å². The first-order valence-electron chi connectivity index (χ1n) is 10.8. The van der Waals surface area contributed by atoms with E-state index in [-0.39, 0.29) is 6.04 Å². The molecule has 6 heteroatoms. The molecule has 0 amide bonds.